The molecule has 0 aliphatic carbocycles. The molecular formula is C8H17NO2. The van der Waals surface area contributed by atoms with E-state index in [1.165, 1.54) is 6.42 Å². The van der Waals surface area contributed by atoms with Crippen LogP contribution in [0.2, 0.25) is 0 Å². The molecule has 0 aliphatic heterocycles. The second kappa shape index (κ2) is 6.13. The van der Waals surface area contributed by atoms with Crippen molar-refractivity contribution >= 4 is 0 Å². The normalized spacial score (nSPS) is 13.1. The van der Waals surface area contributed by atoms with Gasteiger partial charge in [-0.2, -0.15) is 0 Å². The summed E-state index contributed by atoms with van der Waals surface area (Å²) in [6.07, 6.45) is 3.19. The van der Waals surface area contributed by atoms with Crippen LogP contribution in [0.1, 0.15) is 40.0 Å². The zero-order valence-corrected chi connectivity index (χ0v) is 7.54. The van der Waals surface area contributed by atoms with Crippen molar-refractivity contribution in [2.24, 2.45) is 11.3 Å². The highest BCUT2D eigenvalue weighted by Gasteiger charge is 2.02. The van der Waals surface area contributed by atoms with Crippen LogP contribution < -0.4 is 0 Å². The number of hydrogen-bond acceptors (Lipinski definition) is 3. The Balaban J connectivity index is 3.16. The Labute approximate surface area is 68.1 Å². The van der Waals surface area contributed by atoms with Gasteiger partial charge in [-0.1, -0.05) is 20.3 Å². The van der Waals surface area contributed by atoms with Crippen molar-refractivity contribution in [1.29, 1.82) is 0 Å². The Bertz CT molecular complexity index is 104. The third kappa shape index (κ3) is 7.30. The Morgan fingerprint density at radius 3 is 2.36 bits per heavy atom. The maximum atomic E-state index is 9.64. The molecule has 0 aromatic carbocycles. The van der Waals surface area contributed by atoms with E-state index < -0.39 is 0 Å². The van der Waals surface area contributed by atoms with Crippen molar-refractivity contribution < 1.29 is 4.84 Å². The lowest BCUT2D eigenvalue weighted by molar-refractivity contribution is 0.0602. The van der Waals surface area contributed by atoms with E-state index in [1.807, 2.05) is 6.92 Å². The predicted octanol–water partition coefficient (Wildman–Crippen LogP) is 2.90. The van der Waals surface area contributed by atoms with Crippen molar-refractivity contribution in [3.05, 3.63) is 4.91 Å². The Morgan fingerprint density at radius 1 is 1.27 bits per heavy atom. The first-order valence-electron chi connectivity index (χ1n) is 4.15. The minimum Gasteiger partial charge on any atom is -0.361 e. The summed E-state index contributed by atoms with van der Waals surface area (Å²) in [5.74, 6) is 0.728. The van der Waals surface area contributed by atoms with Gasteiger partial charge in [-0.05, 0) is 25.7 Å². The second-order valence-electron chi connectivity index (χ2n) is 3.32. The van der Waals surface area contributed by atoms with Crippen LogP contribution >= 0.6 is 0 Å². The molecule has 0 rings (SSSR count). The molecule has 0 amide bonds. The van der Waals surface area contributed by atoms with Gasteiger partial charge < -0.3 is 4.84 Å². The lowest BCUT2D eigenvalue weighted by Crippen LogP contribution is -2.03. The fourth-order valence-electron chi connectivity index (χ4n) is 0.940. The summed E-state index contributed by atoms with van der Waals surface area (Å²) in [5, 5.41) is 2.38. The molecule has 3 nitrogen and oxygen atoms in total. The van der Waals surface area contributed by atoms with E-state index in [2.05, 4.69) is 24.0 Å². The molecule has 0 bridgehead atoms. The van der Waals surface area contributed by atoms with Crippen molar-refractivity contribution in [2.45, 2.75) is 46.1 Å². The molecule has 1 unspecified atom stereocenters. The summed E-state index contributed by atoms with van der Waals surface area (Å²) in [7, 11) is 0. The number of hydrogen-bond donors (Lipinski definition) is 0. The molecule has 0 spiro atoms. The van der Waals surface area contributed by atoms with E-state index >= 15 is 0 Å². The van der Waals surface area contributed by atoms with Gasteiger partial charge in [0.1, 0.15) is 6.10 Å². The van der Waals surface area contributed by atoms with Crippen molar-refractivity contribution in [3.8, 4) is 0 Å². The average molecular weight is 159 g/mol. The third-order valence-electron chi connectivity index (χ3n) is 1.62. The van der Waals surface area contributed by atoms with E-state index in [-0.39, 0.29) is 6.10 Å². The van der Waals surface area contributed by atoms with E-state index in [1.54, 1.807) is 0 Å². The average Bonchev–Trinajstić information content (AvgIpc) is 1.87. The first-order valence-corrected chi connectivity index (χ1v) is 4.15. The smallest absolute Gasteiger partial charge is 0.155 e. The van der Waals surface area contributed by atoms with Gasteiger partial charge in [0.2, 0.25) is 0 Å². The van der Waals surface area contributed by atoms with E-state index in [0.717, 1.165) is 18.8 Å². The van der Waals surface area contributed by atoms with Crippen molar-refractivity contribution in [1.82, 2.24) is 0 Å². The molecule has 11 heavy (non-hydrogen) atoms. The first kappa shape index (κ1) is 10.4. The van der Waals surface area contributed by atoms with Crippen LogP contribution in [0.5, 0.6) is 0 Å². The van der Waals surface area contributed by atoms with Crippen LogP contribution in [0.15, 0.2) is 5.34 Å². The van der Waals surface area contributed by atoms with Gasteiger partial charge in [-0.3, -0.25) is 0 Å². The highest BCUT2D eigenvalue weighted by atomic mass is 16.7. The molecule has 3 heteroatoms. The summed E-state index contributed by atoms with van der Waals surface area (Å²) in [6.45, 7) is 6.23. The van der Waals surface area contributed by atoms with Gasteiger partial charge in [0.15, 0.2) is 5.34 Å². The SMILES string of the molecule is CC(C)CCCC(C)ON=O. The van der Waals surface area contributed by atoms with Gasteiger partial charge in [-0.25, -0.2) is 0 Å². The Hall–Kier alpha value is -0.600. The van der Waals surface area contributed by atoms with Gasteiger partial charge in [0, 0.05) is 0 Å². The lowest BCUT2D eigenvalue weighted by Gasteiger charge is -2.07. The maximum Gasteiger partial charge on any atom is 0.155 e. The van der Waals surface area contributed by atoms with E-state index in [0.29, 0.717) is 0 Å². The minimum absolute atomic E-state index is 0.0220. The topological polar surface area (TPSA) is 38.7 Å². The molecule has 0 saturated carbocycles. The summed E-state index contributed by atoms with van der Waals surface area (Å²) in [4.78, 5) is 14.1. The van der Waals surface area contributed by atoms with Crippen LogP contribution in [-0.4, -0.2) is 6.10 Å². The Kier molecular flexibility index (Phi) is 5.80. The molecule has 0 fully saturated rings. The molecule has 0 radical (unpaired) electrons. The van der Waals surface area contributed by atoms with E-state index in [9.17, 15) is 4.91 Å². The molecule has 0 aliphatic rings. The molecule has 0 aromatic rings. The molecule has 1 atom stereocenters. The Morgan fingerprint density at radius 2 is 1.91 bits per heavy atom. The zero-order valence-electron chi connectivity index (χ0n) is 7.54. The third-order valence-corrected chi connectivity index (χ3v) is 1.62. The highest BCUT2D eigenvalue weighted by Crippen LogP contribution is 2.09. The first-order chi connectivity index (χ1) is 5.16. The van der Waals surface area contributed by atoms with Crippen molar-refractivity contribution in [2.75, 3.05) is 0 Å². The molecule has 0 aromatic heterocycles. The largest absolute Gasteiger partial charge is 0.361 e. The molecular weight excluding hydrogens is 142 g/mol. The summed E-state index contributed by atoms with van der Waals surface area (Å²) >= 11 is 0. The van der Waals surface area contributed by atoms with Crippen LogP contribution in [0.25, 0.3) is 0 Å². The van der Waals surface area contributed by atoms with Gasteiger partial charge >= 0.3 is 0 Å². The van der Waals surface area contributed by atoms with Gasteiger partial charge in [0.25, 0.3) is 0 Å². The monoisotopic (exact) mass is 159 g/mol. The predicted molar refractivity (Wildman–Crippen MR) is 45.0 cm³/mol. The van der Waals surface area contributed by atoms with Crippen LogP contribution in [0.3, 0.4) is 0 Å². The zero-order chi connectivity index (χ0) is 8.69. The number of nitrogens with zero attached hydrogens (tertiary/aromatic N) is 1. The summed E-state index contributed by atoms with van der Waals surface area (Å²) in [5.41, 5.74) is 0. The quantitative estimate of drug-likeness (QED) is 0.441. The lowest BCUT2D eigenvalue weighted by atomic mass is 10.1. The highest BCUT2D eigenvalue weighted by molar-refractivity contribution is 4.52. The standard InChI is InChI=1S/C8H17NO2/c1-7(2)5-4-6-8(3)11-9-10/h7-8H,4-6H2,1-3H3. The van der Waals surface area contributed by atoms with E-state index in [4.69, 9.17) is 0 Å². The maximum absolute atomic E-state index is 9.64. The van der Waals surface area contributed by atoms with Gasteiger partial charge in [0.05, 0.1) is 0 Å². The van der Waals surface area contributed by atoms with Crippen molar-refractivity contribution in [3.63, 3.8) is 0 Å². The van der Waals surface area contributed by atoms with Gasteiger partial charge in [-0.15, -0.1) is 4.91 Å². The number of rotatable bonds is 6. The molecule has 0 heterocycles. The summed E-state index contributed by atoms with van der Waals surface area (Å²) in [6, 6.07) is 0. The second-order valence-corrected chi connectivity index (χ2v) is 3.32. The fraction of sp³-hybridized carbons (Fsp3) is 1.00. The minimum atomic E-state index is -0.0220. The summed E-state index contributed by atoms with van der Waals surface area (Å²) < 4.78 is 0. The molecule has 66 valence electrons. The molecule has 0 N–H and O–H groups in total. The van der Waals surface area contributed by atoms with Crippen LogP contribution in [-0.2, 0) is 4.84 Å². The fourth-order valence-corrected chi connectivity index (χ4v) is 0.940. The molecule has 0 saturated heterocycles. The van der Waals surface area contributed by atoms with Crippen LogP contribution in [0, 0.1) is 10.8 Å². The van der Waals surface area contributed by atoms with Crippen LogP contribution in [0.4, 0.5) is 0 Å².